The SMILES string of the molecule is Cc1nc(-c2ccccc2)cc2nnc(CCC(=O)O)n12. The van der Waals surface area contributed by atoms with Crippen LogP contribution in [0, 0.1) is 6.92 Å². The predicted molar refractivity (Wildman–Crippen MR) is 76.9 cm³/mol. The summed E-state index contributed by atoms with van der Waals surface area (Å²) in [5.74, 6) is 0.520. The fourth-order valence-electron chi connectivity index (χ4n) is 2.29. The van der Waals surface area contributed by atoms with Crippen molar-refractivity contribution in [3.63, 3.8) is 0 Å². The van der Waals surface area contributed by atoms with E-state index in [0.29, 0.717) is 17.9 Å². The highest BCUT2D eigenvalue weighted by Crippen LogP contribution is 2.19. The Morgan fingerprint density at radius 1 is 1.24 bits per heavy atom. The van der Waals surface area contributed by atoms with Crippen LogP contribution < -0.4 is 0 Å². The van der Waals surface area contributed by atoms with Gasteiger partial charge in [-0.2, -0.15) is 0 Å². The van der Waals surface area contributed by atoms with Gasteiger partial charge < -0.3 is 5.11 Å². The first-order chi connectivity index (χ1) is 10.1. The average Bonchev–Trinajstić information content (AvgIpc) is 2.89. The van der Waals surface area contributed by atoms with Gasteiger partial charge in [0.15, 0.2) is 5.65 Å². The fraction of sp³-hybridized carbons (Fsp3) is 0.200. The Bertz CT molecular complexity index is 796. The number of carboxylic acids is 1. The van der Waals surface area contributed by atoms with Crippen molar-refractivity contribution in [2.24, 2.45) is 0 Å². The molecule has 1 aromatic carbocycles. The number of nitrogens with zero attached hydrogens (tertiary/aromatic N) is 4. The third-order valence-electron chi connectivity index (χ3n) is 3.26. The Morgan fingerprint density at radius 2 is 2.00 bits per heavy atom. The molecule has 6 heteroatoms. The van der Waals surface area contributed by atoms with Crippen molar-refractivity contribution in [3.8, 4) is 11.3 Å². The van der Waals surface area contributed by atoms with Crippen LogP contribution in [0.1, 0.15) is 18.1 Å². The second-order valence-electron chi connectivity index (χ2n) is 4.76. The van der Waals surface area contributed by atoms with Gasteiger partial charge in [0.1, 0.15) is 11.6 Å². The summed E-state index contributed by atoms with van der Waals surface area (Å²) >= 11 is 0. The maximum atomic E-state index is 10.7. The van der Waals surface area contributed by atoms with Crippen LogP contribution in [0.15, 0.2) is 36.4 Å². The summed E-state index contributed by atoms with van der Waals surface area (Å²) in [6, 6.07) is 11.7. The van der Waals surface area contributed by atoms with Crippen molar-refractivity contribution < 1.29 is 9.90 Å². The molecule has 0 amide bonds. The molecule has 106 valence electrons. The topological polar surface area (TPSA) is 80.4 Å². The normalized spacial score (nSPS) is 10.9. The van der Waals surface area contributed by atoms with Crippen LogP contribution in [0.25, 0.3) is 16.9 Å². The zero-order valence-electron chi connectivity index (χ0n) is 11.5. The molecule has 1 N–H and O–H groups in total. The molecule has 0 aliphatic rings. The van der Waals surface area contributed by atoms with Gasteiger partial charge >= 0.3 is 5.97 Å². The molecule has 0 atom stereocenters. The van der Waals surface area contributed by atoms with Gasteiger partial charge in [-0.15, -0.1) is 10.2 Å². The highest BCUT2D eigenvalue weighted by molar-refractivity contribution is 5.67. The molecule has 0 radical (unpaired) electrons. The van der Waals surface area contributed by atoms with Crippen LogP contribution in [-0.4, -0.2) is 30.7 Å². The lowest BCUT2D eigenvalue weighted by atomic mass is 10.1. The molecule has 0 saturated carbocycles. The van der Waals surface area contributed by atoms with Gasteiger partial charge in [0.05, 0.1) is 12.1 Å². The Hall–Kier alpha value is -2.76. The quantitative estimate of drug-likeness (QED) is 0.792. The van der Waals surface area contributed by atoms with E-state index >= 15 is 0 Å². The lowest BCUT2D eigenvalue weighted by molar-refractivity contribution is -0.137. The molecule has 2 heterocycles. The summed E-state index contributed by atoms with van der Waals surface area (Å²) in [6.45, 7) is 1.87. The summed E-state index contributed by atoms with van der Waals surface area (Å²) in [5.41, 5.74) is 2.53. The molecule has 0 saturated heterocycles. The Kier molecular flexibility index (Phi) is 3.35. The van der Waals surface area contributed by atoms with Gasteiger partial charge in [0.2, 0.25) is 0 Å². The first kappa shape index (κ1) is 13.2. The van der Waals surface area contributed by atoms with E-state index < -0.39 is 5.97 Å². The second-order valence-corrected chi connectivity index (χ2v) is 4.76. The number of benzene rings is 1. The molecular formula is C15H14N4O2. The minimum absolute atomic E-state index is 0.0284. The molecule has 0 unspecified atom stereocenters. The molecule has 0 aliphatic heterocycles. The summed E-state index contributed by atoms with van der Waals surface area (Å²) < 4.78 is 1.80. The molecule has 0 bridgehead atoms. The summed E-state index contributed by atoms with van der Waals surface area (Å²) in [6.07, 6.45) is 0.365. The van der Waals surface area contributed by atoms with E-state index in [0.717, 1.165) is 17.1 Å². The number of aromatic nitrogens is 4. The number of rotatable bonds is 4. The second kappa shape index (κ2) is 5.32. The van der Waals surface area contributed by atoms with E-state index in [2.05, 4.69) is 15.2 Å². The number of hydrogen-bond acceptors (Lipinski definition) is 4. The first-order valence-corrected chi connectivity index (χ1v) is 6.64. The molecule has 6 nitrogen and oxygen atoms in total. The predicted octanol–water partition coefficient (Wildman–Crippen LogP) is 2.12. The Labute approximate surface area is 121 Å². The fourth-order valence-corrected chi connectivity index (χ4v) is 2.29. The summed E-state index contributed by atoms with van der Waals surface area (Å²) in [4.78, 5) is 15.2. The van der Waals surface area contributed by atoms with Gasteiger partial charge in [-0.1, -0.05) is 30.3 Å². The molecule has 3 aromatic rings. The van der Waals surface area contributed by atoms with Crippen molar-refractivity contribution in [1.29, 1.82) is 0 Å². The van der Waals surface area contributed by atoms with Crippen molar-refractivity contribution >= 4 is 11.6 Å². The van der Waals surface area contributed by atoms with Crippen LogP contribution in [0.4, 0.5) is 0 Å². The van der Waals surface area contributed by atoms with Crippen molar-refractivity contribution in [2.45, 2.75) is 19.8 Å². The van der Waals surface area contributed by atoms with Crippen LogP contribution in [0.2, 0.25) is 0 Å². The van der Waals surface area contributed by atoms with E-state index in [-0.39, 0.29) is 6.42 Å². The van der Waals surface area contributed by atoms with E-state index in [1.165, 1.54) is 0 Å². The third kappa shape index (κ3) is 2.60. The number of carbonyl (C=O) groups is 1. The van der Waals surface area contributed by atoms with Crippen molar-refractivity contribution in [3.05, 3.63) is 48.0 Å². The number of aryl methyl sites for hydroxylation is 2. The molecule has 2 aromatic heterocycles. The minimum atomic E-state index is -0.849. The maximum absolute atomic E-state index is 10.7. The molecular weight excluding hydrogens is 268 g/mol. The highest BCUT2D eigenvalue weighted by Gasteiger charge is 2.12. The van der Waals surface area contributed by atoms with Gasteiger partial charge in [0, 0.05) is 18.1 Å². The first-order valence-electron chi connectivity index (χ1n) is 6.64. The number of fused-ring (bicyclic) bond motifs is 1. The molecule has 21 heavy (non-hydrogen) atoms. The monoisotopic (exact) mass is 282 g/mol. The molecule has 3 rings (SSSR count). The highest BCUT2D eigenvalue weighted by atomic mass is 16.4. The van der Waals surface area contributed by atoms with Gasteiger partial charge in [-0.25, -0.2) is 4.98 Å². The van der Waals surface area contributed by atoms with Gasteiger partial charge in [0.25, 0.3) is 0 Å². The van der Waals surface area contributed by atoms with Crippen LogP contribution in [0.5, 0.6) is 0 Å². The average molecular weight is 282 g/mol. The molecule has 0 spiro atoms. The van der Waals surface area contributed by atoms with E-state index in [9.17, 15) is 4.79 Å². The van der Waals surface area contributed by atoms with Crippen LogP contribution >= 0.6 is 0 Å². The van der Waals surface area contributed by atoms with Crippen molar-refractivity contribution in [2.75, 3.05) is 0 Å². The maximum Gasteiger partial charge on any atom is 0.303 e. The zero-order chi connectivity index (χ0) is 14.8. The minimum Gasteiger partial charge on any atom is -0.481 e. The molecule has 0 fully saturated rings. The zero-order valence-corrected chi connectivity index (χ0v) is 11.5. The van der Waals surface area contributed by atoms with Gasteiger partial charge in [-0.3, -0.25) is 9.20 Å². The number of carboxylic acid groups (broad SMARTS) is 1. The lowest BCUT2D eigenvalue weighted by Gasteiger charge is -2.06. The van der Waals surface area contributed by atoms with Crippen LogP contribution in [-0.2, 0) is 11.2 Å². The lowest BCUT2D eigenvalue weighted by Crippen LogP contribution is -2.05. The van der Waals surface area contributed by atoms with E-state index in [1.54, 1.807) is 4.40 Å². The van der Waals surface area contributed by atoms with Crippen LogP contribution in [0.3, 0.4) is 0 Å². The van der Waals surface area contributed by atoms with Gasteiger partial charge in [-0.05, 0) is 6.92 Å². The standard InChI is InChI=1S/C15H14N4O2/c1-10-16-12(11-5-3-2-4-6-11)9-14-18-17-13(19(10)14)7-8-15(20)21/h2-6,9H,7-8H2,1H3,(H,20,21). The summed E-state index contributed by atoms with van der Waals surface area (Å²) in [7, 11) is 0. The number of aliphatic carboxylic acids is 1. The summed E-state index contributed by atoms with van der Waals surface area (Å²) in [5, 5.41) is 17.0. The van der Waals surface area contributed by atoms with E-state index in [1.807, 2.05) is 43.3 Å². The Morgan fingerprint density at radius 3 is 2.71 bits per heavy atom. The molecule has 0 aliphatic carbocycles. The largest absolute Gasteiger partial charge is 0.481 e. The third-order valence-corrected chi connectivity index (χ3v) is 3.26. The Balaban J connectivity index is 2.04. The van der Waals surface area contributed by atoms with Crippen molar-refractivity contribution in [1.82, 2.24) is 19.6 Å². The smallest absolute Gasteiger partial charge is 0.303 e. The van der Waals surface area contributed by atoms with E-state index in [4.69, 9.17) is 5.11 Å². The number of hydrogen-bond donors (Lipinski definition) is 1.